The van der Waals surface area contributed by atoms with E-state index in [-0.39, 0.29) is 25.9 Å². The standard InChI is InChI=1S/C19H17F3N2O4/c20-19(21,22)15-7-9-23-11-14(15)16(25)24-10-4-8-18(12-24,17(26)27)28-13-5-2-1-3-6-13/h1-3,5-7,9,11H,4,8,10,12H2,(H,26,27). The number of para-hydroxylation sites is 1. The van der Waals surface area contributed by atoms with Crippen molar-refractivity contribution in [1.82, 2.24) is 9.88 Å². The van der Waals surface area contributed by atoms with Crippen LogP contribution in [0.4, 0.5) is 13.2 Å². The molecule has 9 heteroatoms. The van der Waals surface area contributed by atoms with E-state index in [1.807, 2.05) is 0 Å². The molecule has 0 aliphatic carbocycles. The van der Waals surface area contributed by atoms with Crippen LogP contribution in [-0.2, 0) is 11.0 Å². The molecule has 1 N–H and O–H groups in total. The Morgan fingerprint density at radius 2 is 1.89 bits per heavy atom. The summed E-state index contributed by atoms with van der Waals surface area (Å²) in [5, 5.41) is 9.75. The molecule has 148 valence electrons. The van der Waals surface area contributed by atoms with E-state index in [4.69, 9.17) is 4.74 Å². The summed E-state index contributed by atoms with van der Waals surface area (Å²) in [7, 11) is 0. The first-order chi connectivity index (χ1) is 13.2. The number of halogens is 3. The highest BCUT2D eigenvalue weighted by molar-refractivity contribution is 5.96. The van der Waals surface area contributed by atoms with Crippen LogP contribution < -0.4 is 4.74 Å². The number of carbonyl (C=O) groups excluding carboxylic acids is 1. The van der Waals surface area contributed by atoms with Crippen molar-refractivity contribution >= 4 is 11.9 Å². The summed E-state index contributed by atoms with van der Waals surface area (Å²) in [6.45, 7) is -0.250. The van der Waals surface area contributed by atoms with E-state index in [1.54, 1.807) is 30.3 Å². The SMILES string of the molecule is O=C(c1cnccc1C(F)(F)F)N1CCCC(Oc2ccccc2)(C(=O)O)C1. The second-order valence-electron chi connectivity index (χ2n) is 6.46. The minimum atomic E-state index is -4.73. The van der Waals surface area contributed by atoms with Crippen LogP contribution in [0.2, 0.25) is 0 Å². The van der Waals surface area contributed by atoms with E-state index < -0.39 is 34.8 Å². The Bertz CT molecular complexity index is 873. The average molecular weight is 394 g/mol. The Kier molecular flexibility index (Phi) is 5.26. The van der Waals surface area contributed by atoms with Gasteiger partial charge in [-0.2, -0.15) is 13.2 Å². The molecular weight excluding hydrogens is 377 g/mol. The number of hydrogen-bond donors (Lipinski definition) is 1. The second kappa shape index (κ2) is 7.49. The van der Waals surface area contributed by atoms with Gasteiger partial charge in [-0.25, -0.2) is 4.79 Å². The van der Waals surface area contributed by atoms with E-state index >= 15 is 0 Å². The first-order valence-electron chi connectivity index (χ1n) is 8.51. The molecule has 2 heterocycles. The number of ether oxygens (including phenoxy) is 1. The second-order valence-corrected chi connectivity index (χ2v) is 6.46. The maximum atomic E-state index is 13.2. The molecule has 1 aliphatic rings. The lowest BCUT2D eigenvalue weighted by molar-refractivity contribution is -0.159. The first kappa shape index (κ1) is 19.7. The highest BCUT2D eigenvalue weighted by atomic mass is 19.4. The van der Waals surface area contributed by atoms with Gasteiger partial charge in [-0.3, -0.25) is 9.78 Å². The van der Waals surface area contributed by atoms with Crippen molar-refractivity contribution in [2.24, 2.45) is 0 Å². The molecule has 2 aromatic rings. The summed E-state index contributed by atoms with van der Waals surface area (Å²) in [6, 6.07) is 8.95. The molecule has 0 radical (unpaired) electrons. The number of nitrogens with zero attached hydrogens (tertiary/aromatic N) is 2. The van der Waals surface area contributed by atoms with Crippen molar-refractivity contribution in [2.75, 3.05) is 13.1 Å². The van der Waals surface area contributed by atoms with Gasteiger partial charge in [-0.1, -0.05) is 18.2 Å². The number of rotatable bonds is 4. The molecule has 1 unspecified atom stereocenters. The van der Waals surface area contributed by atoms with Crippen LogP contribution in [0, 0.1) is 0 Å². The summed E-state index contributed by atoms with van der Waals surface area (Å²) in [4.78, 5) is 29.4. The summed E-state index contributed by atoms with van der Waals surface area (Å²) < 4.78 is 45.4. The summed E-state index contributed by atoms with van der Waals surface area (Å²) >= 11 is 0. The lowest BCUT2D eigenvalue weighted by Crippen LogP contribution is -2.58. The number of likely N-dealkylation sites (tertiary alicyclic amines) is 1. The molecule has 1 saturated heterocycles. The van der Waals surface area contributed by atoms with E-state index in [9.17, 15) is 27.9 Å². The Morgan fingerprint density at radius 1 is 1.18 bits per heavy atom. The van der Waals surface area contributed by atoms with Crippen LogP contribution in [0.3, 0.4) is 0 Å². The van der Waals surface area contributed by atoms with Gasteiger partial charge in [0.25, 0.3) is 5.91 Å². The van der Waals surface area contributed by atoms with Gasteiger partial charge in [-0.05, 0) is 24.6 Å². The largest absolute Gasteiger partial charge is 0.478 e. The van der Waals surface area contributed by atoms with Crippen molar-refractivity contribution in [3.8, 4) is 5.75 Å². The van der Waals surface area contributed by atoms with Gasteiger partial charge in [0.1, 0.15) is 5.75 Å². The Morgan fingerprint density at radius 3 is 2.54 bits per heavy atom. The molecule has 1 fully saturated rings. The van der Waals surface area contributed by atoms with Crippen LogP contribution in [0.25, 0.3) is 0 Å². The predicted molar refractivity (Wildman–Crippen MR) is 91.8 cm³/mol. The summed E-state index contributed by atoms with van der Waals surface area (Å²) in [6.07, 6.45) is -2.53. The van der Waals surface area contributed by atoms with Crippen molar-refractivity contribution in [3.05, 3.63) is 59.9 Å². The lowest BCUT2D eigenvalue weighted by atomic mass is 9.91. The third kappa shape index (κ3) is 3.92. The Labute approximate surface area is 158 Å². The number of pyridine rings is 1. The van der Waals surface area contributed by atoms with Crippen molar-refractivity contribution in [1.29, 1.82) is 0 Å². The third-order valence-corrected chi connectivity index (χ3v) is 4.55. The number of aromatic nitrogens is 1. The van der Waals surface area contributed by atoms with Crippen molar-refractivity contribution < 1.29 is 32.6 Å². The predicted octanol–water partition coefficient (Wildman–Crippen LogP) is 3.24. The van der Waals surface area contributed by atoms with Gasteiger partial charge in [0.15, 0.2) is 0 Å². The fourth-order valence-electron chi connectivity index (χ4n) is 3.19. The number of amides is 1. The van der Waals surface area contributed by atoms with Crippen LogP contribution in [0.15, 0.2) is 48.8 Å². The summed E-state index contributed by atoms with van der Waals surface area (Å²) in [5.41, 5.74) is -3.46. The zero-order chi connectivity index (χ0) is 20.4. The molecule has 3 rings (SSSR count). The smallest absolute Gasteiger partial charge is 0.417 e. The number of carboxylic acid groups (broad SMARTS) is 1. The topological polar surface area (TPSA) is 79.7 Å². The molecule has 0 bridgehead atoms. The van der Waals surface area contributed by atoms with Gasteiger partial charge >= 0.3 is 12.1 Å². The number of piperidine rings is 1. The molecule has 0 saturated carbocycles. The molecule has 1 aliphatic heterocycles. The molecular formula is C19H17F3N2O4. The van der Waals surface area contributed by atoms with E-state index in [1.165, 1.54) is 0 Å². The van der Waals surface area contributed by atoms with E-state index in [2.05, 4.69) is 4.98 Å². The molecule has 6 nitrogen and oxygen atoms in total. The molecule has 0 spiro atoms. The minimum absolute atomic E-state index is 0.123. The van der Waals surface area contributed by atoms with Crippen molar-refractivity contribution in [2.45, 2.75) is 24.6 Å². The van der Waals surface area contributed by atoms with Crippen LogP contribution in [-0.4, -0.2) is 45.6 Å². The van der Waals surface area contributed by atoms with Gasteiger partial charge in [0.2, 0.25) is 5.60 Å². The van der Waals surface area contributed by atoms with Gasteiger partial charge in [0.05, 0.1) is 17.7 Å². The summed E-state index contributed by atoms with van der Waals surface area (Å²) in [5.74, 6) is -1.91. The number of benzene rings is 1. The third-order valence-electron chi connectivity index (χ3n) is 4.55. The molecule has 1 aromatic carbocycles. The van der Waals surface area contributed by atoms with Gasteiger partial charge < -0.3 is 14.7 Å². The normalized spacial score (nSPS) is 19.9. The number of aliphatic carboxylic acids is 1. The van der Waals surface area contributed by atoms with Gasteiger partial charge in [-0.15, -0.1) is 0 Å². The maximum absolute atomic E-state index is 13.2. The first-order valence-corrected chi connectivity index (χ1v) is 8.51. The molecule has 28 heavy (non-hydrogen) atoms. The monoisotopic (exact) mass is 394 g/mol. The molecule has 1 atom stereocenters. The highest BCUT2D eigenvalue weighted by Crippen LogP contribution is 2.34. The maximum Gasteiger partial charge on any atom is 0.417 e. The quantitative estimate of drug-likeness (QED) is 0.861. The minimum Gasteiger partial charge on any atom is -0.478 e. The molecule has 1 amide bonds. The van der Waals surface area contributed by atoms with Crippen LogP contribution >= 0.6 is 0 Å². The fraction of sp³-hybridized carbons (Fsp3) is 0.316. The Hall–Kier alpha value is -3.10. The lowest BCUT2D eigenvalue weighted by Gasteiger charge is -2.40. The highest BCUT2D eigenvalue weighted by Gasteiger charge is 2.47. The zero-order valence-corrected chi connectivity index (χ0v) is 14.6. The van der Waals surface area contributed by atoms with Gasteiger partial charge in [0, 0.05) is 25.4 Å². The van der Waals surface area contributed by atoms with Crippen LogP contribution in [0.5, 0.6) is 5.75 Å². The zero-order valence-electron chi connectivity index (χ0n) is 14.6. The van der Waals surface area contributed by atoms with Crippen LogP contribution in [0.1, 0.15) is 28.8 Å². The van der Waals surface area contributed by atoms with E-state index in [0.717, 1.165) is 23.4 Å². The average Bonchev–Trinajstić information content (AvgIpc) is 2.67. The molecule has 1 aromatic heterocycles. The van der Waals surface area contributed by atoms with E-state index in [0.29, 0.717) is 5.75 Å². The van der Waals surface area contributed by atoms with Crippen molar-refractivity contribution in [3.63, 3.8) is 0 Å². The Balaban J connectivity index is 1.90. The number of carboxylic acids is 1. The number of hydrogen-bond acceptors (Lipinski definition) is 4. The fourth-order valence-corrected chi connectivity index (χ4v) is 3.19. The number of alkyl halides is 3. The number of carbonyl (C=O) groups is 2.